The first kappa shape index (κ1) is 11.7. The van der Waals surface area contributed by atoms with Crippen LogP contribution in [0.1, 0.15) is 48.4 Å². The van der Waals surface area contributed by atoms with E-state index in [-0.39, 0.29) is 0 Å². The van der Waals surface area contributed by atoms with Crippen LogP contribution in [0.25, 0.3) is 0 Å². The number of rotatable bonds is 3. The molecule has 1 heteroatoms. The minimum absolute atomic E-state index is 0.649. The van der Waals surface area contributed by atoms with E-state index in [1.165, 1.54) is 29.5 Å². The second-order valence-electron chi connectivity index (χ2n) is 5.67. The summed E-state index contributed by atoms with van der Waals surface area (Å²) >= 11 is 0. The molecule has 1 fully saturated rings. The van der Waals surface area contributed by atoms with Gasteiger partial charge in [0.05, 0.1) is 5.60 Å². The molecule has 1 saturated carbocycles. The zero-order chi connectivity index (χ0) is 11.9. The zero-order valence-corrected chi connectivity index (χ0v) is 10.8. The van der Waals surface area contributed by atoms with Crippen LogP contribution >= 0.6 is 0 Å². The molecular formula is C15H22O. The molecule has 1 N–H and O–H groups in total. The third-order valence-electron chi connectivity index (χ3n) is 3.80. The van der Waals surface area contributed by atoms with Crippen LogP contribution in [0.3, 0.4) is 0 Å². The van der Waals surface area contributed by atoms with Crippen LogP contribution in [0.2, 0.25) is 0 Å². The van der Waals surface area contributed by atoms with E-state index in [1.54, 1.807) is 0 Å². The highest BCUT2D eigenvalue weighted by molar-refractivity contribution is 5.39. The number of hydrogen-bond acceptors (Lipinski definition) is 1. The van der Waals surface area contributed by atoms with Gasteiger partial charge in [-0.3, -0.25) is 0 Å². The lowest BCUT2D eigenvalue weighted by atomic mass is 9.85. The third-order valence-corrected chi connectivity index (χ3v) is 3.80. The molecule has 88 valence electrons. The van der Waals surface area contributed by atoms with Crippen molar-refractivity contribution in [1.82, 2.24) is 0 Å². The average molecular weight is 218 g/mol. The molecule has 0 bridgehead atoms. The fourth-order valence-corrected chi connectivity index (χ4v) is 2.53. The Kier molecular flexibility index (Phi) is 2.83. The number of hydrogen-bond donors (Lipinski definition) is 1. The van der Waals surface area contributed by atoms with Crippen molar-refractivity contribution in [2.45, 2.75) is 52.6 Å². The number of aliphatic hydroxyl groups is 1. The summed E-state index contributed by atoms with van der Waals surface area (Å²) in [6, 6.07) is 4.35. The van der Waals surface area contributed by atoms with Gasteiger partial charge in [-0.05, 0) is 62.3 Å². The lowest BCUT2D eigenvalue weighted by Crippen LogP contribution is -2.23. The van der Waals surface area contributed by atoms with Crippen molar-refractivity contribution >= 4 is 0 Å². The standard InChI is InChI=1S/C15H22O/c1-10-7-12(3)14(8-11(10)2)15(4,16)9-13-5-6-13/h7-8,13,16H,5-6,9H2,1-4H3. The molecule has 0 amide bonds. The van der Waals surface area contributed by atoms with E-state index in [0.29, 0.717) is 0 Å². The largest absolute Gasteiger partial charge is 0.385 e. The van der Waals surface area contributed by atoms with Crippen LogP contribution in [0.5, 0.6) is 0 Å². The van der Waals surface area contributed by atoms with Gasteiger partial charge in [0.1, 0.15) is 0 Å². The maximum absolute atomic E-state index is 10.6. The van der Waals surface area contributed by atoms with Crippen LogP contribution in [-0.4, -0.2) is 5.11 Å². The first-order chi connectivity index (χ1) is 7.40. The Morgan fingerprint density at radius 1 is 1.12 bits per heavy atom. The van der Waals surface area contributed by atoms with Gasteiger partial charge in [-0.15, -0.1) is 0 Å². The molecule has 0 spiro atoms. The molecule has 1 atom stereocenters. The van der Waals surface area contributed by atoms with Crippen LogP contribution in [0.15, 0.2) is 12.1 Å². The predicted octanol–water partition coefficient (Wildman–Crippen LogP) is 3.62. The second kappa shape index (κ2) is 3.89. The molecule has 1 aliphatic carbocycles. The topological polar surface area (TPSA) is 20.2 Å². The molecule has 0 heterocycles. The maximum atomic E-state index is 10.6. The Bertz CT molecular complexity index is 400. The summed E-state index contributed by atoms with van der Waals surface area (Å²) in [5, 5.41) is 10.6. The van der Waals surface area contributed by atoms with Gasteiger partial charge in [-0.1, -0.05) is 25.0 Å². The summed E-state index contributed by atoms with van der Waals surface area (Å²) < 4.78 is 0. The van der Waals surface area contributed by atoms with E-state index in [1.807, 2.05) is 6.92 Å². The van der Waals surface area contributed by atoms with Gasteiger partial charge < -0.3 is 5.11 Å². The molecule has 0 saturated heterocycles. The first-order valence-electron chi connectivity index (χ1n) is 6.21. The van der Waals surface area contributed by atoms with Crippen LogP contribution in [0, 0.1) is 26.7 Å². The molecule has 1 aromatic carbocycles. The fourth-order valence-electron chi connectivity index (χ4n) is 2.53. The quantitative estimate of drug-likeness (QED) is 0.821. The Balaban J connectivity index is 2.33. The normalized spacial score (nSPS) is 19.6. The van der Waals surface area contributed by atoms with E-state index < -0.39 is 5.60 Å². The molecule has 1 aromatic rings. The minimum atomic E-state index is -0.649. The van der Waals surface area contributed by atoms with Gasteiger partial charge in [-0.2, -0.15) is 0 Å². The van der Waals surface area contributed by atoms with Crippen molar-refractivity contribution in [1.29, 1.82) is 0 Å². The summed E-state index contributed by atoms with van der Waals surface area (Å²) in [7, 11) is 0. The molecule has 16 heavy (non-hydrogen) atoms. The van der Waals surface area contributed by atoms with E-state index in [4.69, 9.17) is 0 Å². The van der Waals surface area contributed by atoms with Crippen LogP contribution in [-0.2, 0) is 5.60 Å². The van der Waals surface area contributed by atoms with Crippen LogP contribution < -0.4 is 0 Å². The Morgan fingerprint density at radius 3 is 2.25 bits per heavy atom. The van der Waals surface area contributed by atoms with Gasteiger partial charge in [-0.25, -0.2) is 0 Å². The Labute approximate surface area is 98.5 Å². The van der Waals surface area contributed by atoms with Crippen molar-refractivity contribution in [2.75, 3.05) is 0 Å². The summed E-state index contributed by atoms with van der Waals surface area (Å²) in [5.74, 6) is 0.746. The lowest BCUT2D eigenvalue weighted by molar-refractivity contribution is 0.0411. The highest BCUT2D eigenvalue weighted by atomic mass is 16.3. The summed E-state index contributed by atoms with van der Waals surface area (Å²) in [6.07, 6.45) is 3.50. The smallest absolute Gasteiger partial charge is 0.0873 e. The molecule has 2 rings (SSSR count). The van der Waals surface area contributed by atoms with E-state index in [2.05, 4.69) is 32.9 Å². The zero-order valence-electron chi connectivity index (χ0n) is 10.8. The van der Waals surface area contributed by atoms with E-state index in [0.717, 1.165) is 17.9 Å². The van der Waals surface area contributed by atoms with Crippen molar-refractivity contribution < 1.29 is 5.11 Å². The molecule has 1 aliphatic rings. The number of benzene rings is 1. The highest BCUT2D eigenvalue weighted by Gasteiger charge is 2.33. The summed E-state index contributed by atoms with van der Waals surface area (Å²) in [5.41, 5.74) is 4.26. The summed E-state index contributed by atoms with van der Waals surface area (Å²) in [6.45, 7) is 8.30. The maximum Gasteiger partial charge on any atom is 0.0873 e. The molecule has 1 unspecified atom stereocenters. The Hall–Kier alpha value is -0.820. The van der Waals surface area contributed by atoms with Gasteiger partial charge in [0.15, 0.2) is 0 Å². The second-order valence-corrected chi connectivity index (χ2v) is 5.67. The van der Waals surface area contributed by atoms with Gasteiger partial charge in [0, 0.05) is 0 Å². The van der Waals surface area contributed by atoms with E-state index in [9.17, 15) is 5.11 Å². The molecule has 0 radical (unpaired) electrons. The fraction of sp³-hybridized carbons (Fsp3) is 0.600. The van der Waals surface area contributed by atoms with E-state index >= 15 is 0 Å². The molecule has 1 nitrogen and oxygen atoms in total. The highest BCUT2D eigenvalue weighted by Crippen LogP contribution is 2.41. The average Bonchev–Trinajstić information content (AvgIpc) is 2.94. The van der Waals surface area contributed by atoms with Crippen molar-refractivity contribution in [2.24, 2.45) is 5.92 Å². The van der Waals surface area contributed by atoms with Crippen molar-refractivity contribution in [3.05, 3.63) is 34.4 Å². The van der Waals surface area contributed by atoms with Crippen molar-refractivity contribution in [3.63, 3.8) is 0 Å². The van der Waals surface area contributed by atoms with Gasteiger partial charge >= 0.3 is 0 Å². The molecule has 0 aromatic heterocycles. The minimum Gasteiger partial charge on any atom is -0.385 e. The van der Waals surface area contributed by atoms with Gasteiger partial charge in [0.25, 0.3) is 0 Å². The monoisotopic (exact) mass is 218 g/mol. The number of aryl methyl sites for hydroxylation is 3. The molecule has 0 aliphatic heterocycles. The van der Waals surface area contributed by atoms with Crippen LogP contribution in [0.4, 0.5) is 0 Å². The molecular weight excluding hydrogens is 196 g/mol. The summed E-state index contributed by atoms with van der Waals surface area (Å²) in [4.78, 5) is 0. The first-order valence-corrected chi connectivity index (χ1v) is 6.21. The van der Waals surface area contributed by atoms with Crippen molar-refractivity contribution in [3.8, 4) is 0 Å². The SMILES string of the molecule is Cc1cc(C)c(C(C)(O)CC2CC2)cc1C. The lowest BCUT2D eigenvalue weighted by Gasteiger charge is -2.26. The Morgan fingerprint density at radius 2 is 1.69 bits per heavy atom. The third kappa shape index (κ3) is 2.30. The predicted molar refractivity (Wildman–Crippen MR) is 67.6 cm³/mol. The van der Waals surface area contributed by atoms with Gasteiger partial charge in [0.2, 0.25) is 0 Å².